The third-order valence-corrected chi connectivity index (χ3v) is 3.02. The fourth-order valence-corrected chi connectivity index (χ4v) is 2.00. The van der Waals surface area contributed by atoms with Gasteiger partial charge in [0.25, 0.3) is 0 Å². The van der Waals surface area contributed by atoms with Crippen LogP contribution in [0.15, 0.2) is 0 Å². The molecule has 3 nitrogen and oxygen atoms in total. The molecule has 1 aliphatic rings. The summed E-state index contributed by atoms with van der Waals surface area (Å²) < 4.78 is 0. The highest BCUT2D eigenvalue weighted by molar-refractivity contribution is 5.74. The highest BCUT2D eigenvalue weighted by Crippen LogP contribution is 2.17. The van der Waals surface area contributed by atoms with Crippen molar-refractivity contribution in [2.75, 3.05) is 13.1 Å². The van der Waals surface area contributed by atoms with Gasteiger partial charge in [-0.05, 0) is 26.2 Å². The number of rotatable bonds is 5. The van der Waals surface area contributed by atoms with Crippen LogP contribution in [-0.2, 0) is 0 Å². The van der Waals surface area contributed by atoms with Gasteiger partial charge in [-0.25, -0.2) is 4.79 Å². The summed E-state index contributed by atoms with van der Waals surface area (Å²) in [5.41, 5.74) is 0. The van der Waals surface area contributed by atoms with Gasteiger partial charge in [-0.2, -0.15) is 0 Å². The van der Waals surface area contributed by atoms with Crippen LogP contribution in [-0.4, -0.2) is 30.1 Å². The van der Waals surface area contributed by atoms with E-state index < -0.39 is 0 Å². The van der Waals surface area contributed by atoms with Gasteiger partial charge < -0.3 is 10.2 Å². The lowest BCUT2D eigenvalue weighted by Gasteiger charge is -2.23. The summed E-state index contributed by atoms with van der Waals surface area (Å²) in [5, 5.41) is 3.09. The van der Waals surface area contributed by atoms with Gasteiger partial charge >= 0.3 is 6.03 Å². The first kappa shape index (κ1) is 12.3. The van der Waals surface area contributed by atoms with Gasteiger partial charge in [0.05, 0.1) is 0 Å². The topological polar surface area (TPSA) is 32.3 Å². The molecule has 15 heavy (non-hydrogen) atoms. The number of nitrogens with one attached hydrogen (secondary N) is 1. The Kier molecular flexibility index (Phi) is 5.51. The first-order valence-electron chi connectivity index (χ1n) is 6.12. The molecular formula is C12H23N2O. The smallest absolute Gasteiger partial charge is 0.317 e. The first-order chi connectivity index (χ1) is 7.27. The highest BCUT2D eigenvalue weighted by Gasteiger charge is 2.19. The van der Waals surface area contributed by atoms with E-state index in [0.717, 1.165) is 32.2 Å². The Morgan fingerprint density at radius 2 is 2.13 bits per heavy atom. The Hall–Kier alpha value is -0.730. The molecule has 1 N–H and O–H groups in total. The second-order valence-electron chi connectivity index (χ2n) is 4.27. The summed E-state index contributed by atoms with van der Waals surface area (Å²) in [6, 6.07) is 0.485. The van der Waals surface area contributed by atoms with Gasteiger partial charge in [0.2, 0.25) is 0 Å². The average molecular weight is 211 g/mol. The van der Waals surface area contributed by atoms with E-state index in [1.165, 1.54) is 12.8 Å². The fraction of sp³-hybridized carbons (Fsp3) is 0.833. The van der Waals surface area contributed by atoms with Crippen LogP contribution >= 0.6 is 0 Å². The largest absolute Gasteiger partial charge is 0.335 e. The van der Waals surface area contributed by atoms with Crippen molar-refractivity contribution in [1.82, 2.24) is 10.2 Å². The van der Waals surface area contributed by atoms with E-state index in [2.05, 4.69) is 19.2 Å². The average Bonchev–Trinajstić information content (AvgIpc) is 2.71. The van der Waals surface area contributed by atoms with E-state index in [1.807, 2.05) is 4.90 Å². The van der Waals surface area contributed by atoms with E-state index in [0.29, 0.717) is 12.6 Å². The van der Waals surface area contributed by atoms with Crippen LogP contribution in [0.4, 0.5) is 4.79 Å². The highest BCUT2D eigenvalue weighted by atomic mass is 16.2. The summed E-state index contributed by atoms with van der Waals surface area (Å²) in [6.07, 6.45) is 6.98. The van der Waals surface area contributed by atoms with Crippen LogP contribution in [0.1, 0.15) is 45.4 Å². The van der Waals surface area contributed by atoms with Crippen molar-refractivity contribution < 1.29 is 4.79 Å². The van der Waals surface area contributed by atoms with Crippen LogP contribution in [0.3, 0.4) is 0 Å². The summed E-state index contributed by atoms with van der Waals surface area (Å²) in [4.78, 5) is 13.6. The van der Waals surface area contributed by atoms with Gasteiger partial charge in [-0.1, -0.05) is 26.2 Å². The van der Waals surface area contributed by atoms with Crippen molar-refractivity contribution in [1.29, 1.82) is 0 Å². The predicted octanol–water partition coefficient (Wildman–Crippen LogP) is 2.57. The molecule has 0 heterocycles. The van der Waals surface area contributed by atoms with Crippen molar-refractivity contribution >= 4 is 6.03 Å². The zero-order chi connectivity index (χ0) is 11.1. The maximum absolute atomic E-state index is 11.8. The molecule has 3 heteroatoms. The molecule has 1 aliphatic carbocycles. The standard InChI is InChI=1S/C12H23N2O/c1-3-5-10-14(4-2)12(15)13-11-8-6-7-9-11/h11H,2-10H2,1H3,(H,13,15). The Balaban J connectivity index is 2.28. The van der Waals surface area contributed by atoms with Crippen LogP contribution < -0.4 is 5.32 Å². The number of hydrogen-bond donors (Lipinski definition) is 1. The van der Waals surface area contributed by atoms with Gasteiger partial charge in [0, 0.05) is 19.1 Å². The number of nitrogens with zero attached hydrogens (tertiary/aromatic N) is 1. The minimum atomic E-state index is 0.0744. The lowest BCUT2D eigenvalue weighted by molar-refractivity contribution is 0.198. The second kappa shape index (κ2) is 6.70. The summed E-state index contributed by atoms with van der Waals surface area (Å²) in [7, 11) is 0. The Morgan fingerprint density at radius 1 is 1.47 bits per heavy atom. The number of unbranched alkanes of at least 4 members (excludes halogenated alkanes) is 1. The van der Waals surface area contributed by atoms with Gasteiger partial charge in [0.15, 0.2) is 0 Å². The van der Waals surface area contributed by atoms with Crippen LogP contribution in [0.5, 0.6) is 0 Å². The number of carbonyl (C=O) groups excluding carboxylic acids is 1. The summed E-state index contributed by atoms with van der Waals surface area (Å²) in [5.74, 6) is 0. The molecule has 0 bridgehead atoms. The van der Waals surface area contributed by atoms with Gasteiger partial charge in [-0.3, -0.25) is 0 Å². The normalized spacial score (nSPS) is 16.7. The molecule has 0 saturated heterocycles. The first-order valence-corrected chi connectivity index (χ1v) is 6.12. The predicted molar refractivity (Wildman–Crippen MR) is 62.6 cm³/mol. The minimum Gasteiger partial charge on any atom is -0.335 e. The van der Waals surface area contributed by atoms with Crippen molar-refractivity contribution in [2.45, 2.75) is 51.5 Å². The maximum Gasteiger partial charge on any atom is 0.317 e. The van der Waals surface area contributed by atoms with Crippen LogP contribution in [0, 0.1) is 6.92 Å². The third kappa shape index (κ3) is 4.10. The monoisotopic (exact) mass is 211 g/mol. The van der Waals surface area contributed by atoms with Crippen molar-refractivity contribution in [3.8, 4) is 0 Å². The van der Waals surface area contributed by atoms with Crippen molar-refractivity contribution in [3.05, 3.63) is 6.92 Å². The molecule has 0 aromatic heterocycles. The molecule has 0 aliphatic heterocycles. The lowest BCUT2D eigenvalue weighted by atomic mass is 10.2. The maximum atomic E-state index is 11.8. The molecule has 87 valence electrons. The number of urea groups is 1. The van der Waals surface area contributed by atoms with Gasteiger partial charge in [-0.15, -0.1) is 0 Å². The zero-order valence-electron chi connectivity index (χ0n) is 9.80. The van der Waals surface area contributed by atoms with Crippen molar-refractivity contribution in [3.63, 3.8) is 0 Å². The number of carbonyl (C=O) groups is 1. The molecule has 1 saturated carbocycles. The molecular weight excluding hydrogens is 188 g/mol. The molecule has 0 aromatic carbocycles. The SMILES string of the molecule is [CH2]CN(CCCC)C(=O)NC1CCCC1. The zero-order valence-corrected chi connectivity index (χ0v) is 9.80. The van der Waals surface area contributed by atoms with E-state index in [1.54, 1.807) is 0 Å². The van der Waals surface area contributed by atoms with E-state index >= 15 is 0 Å². The van der Waals surface area contributed by atoms with Crippen LogP contribution in [0.2, 0.25) is 0 Å². The van der Waals surface area contributed by atoms with Crippen LogP contribution in [0.25, 0.3) is 0 Å². The number of hydrogen-bond acceptors (Lipinski definition) is 1. The summed E-state index contributed by atoms with van der Waals surface area (Å²) in [6.45, 7) is 7.33. The molecule has 0 spiro atoms. The third-order valence-electron chi connectivity index (χ3n) is 3.02. The molecule has 0 unspecified atom stereocenters. The molecule has 2 amide bonds. The van der Waals surface area contributed by atoms with E-state index in [9.17, 15) is 4.79 Å². The Morgan fingerprint density at radius 3 is 2.67 bits per heavy atom. The Bertz CT molecular complexity index is 188. The van der Waals surface area contributed by atoms with E-state index in [4.69, 9.17) is 0 Å². The molecule has 0 atom stereocenters. The Labute approximate surface area is 93.2 Å². The second-order valence-corrected chi connectivity index (χ2v) is 4.27. The quantitative estimate of drug-likeness (QED) is 0.744. The molecule has 1 radical (unpaired) electrons. The number of amides is 2. The lowest BCUT2D eigenvalue weighted by Crippen LogP contribution is -2.44. The minimum absolute atomic E-state index is 0.0744. The molecule has 0 aromatic rings. The van der Waals surface area contributed by atoms with Crippen molar-refractivity contribution in [2.24, 2.45) is 0 Å². The van der Waals surface area contributed by atoms with E-state index in [-0.39, 0.29) is 6.03 Å². The van der Waals surface area contributed by atoms with Gasteiger partial charge in [0.1, 0.15) is 0 Å². The summed E-state index contributed by atoms with van der Waals surface area (Å²) >= 11 is 0. The molecule has 1 rings (SSSR count). The fourth-order valence-electron chi connectivity index (χ4n) is 2.00. The molecule has 1 fully saturated rings.